The van der Waals surface area contributed by atoms with Gasteiger partial charge >= 0.3 is 27.2 Å². The molecule has 26 nitrogen and oxygen atoms in total. The first kappa shape index (κ1) is 63.1. The lowest BCUT2D eigenvalue weighted by Gasteiger charge is -2.15. The van der Waals surface area contributed by atoms with Crippen LogP contribution >= 0.6 is 23.2 Å². The maximum absolute atomic E-state index is 12.0. The van der Waals surface area contributed by atoms with Crippen molar-refractivity contribution in [3.8, 4) is 17.2 Å². The first-order valence-electron chi connectivity index (χ1n) is 22.3. The molecular weight excluding hydrogens is 1150 g/mol. The molecule has 6 rings (SSSR count). The van der Waals surface area contributed by atoms with Crippen LogP contribution in [0.5, 0.6) is 17.2 Å². The lowest BCUT2D eigenvalue weighted by atomic mass is 10.1. The number of benzene rings is 5. The molecule has 32 heteroatoms. The third kappa shape index (κ3) is 21.9. The molecule has 0 unspecified atom stereocenters. The van der Waals surface area contributed by atoms with Crippen LogP contribution < -0.4 is 19.5 Å². The number of carboxylic acids is 1. The normalized spacial score (nSPS) is 11.3. The van der Waals surface area contributed by atoms with Crippen molar-refractivity contribution in [2.75, 3.05) is 37.9 Å². The van der Waals surface area contributed by atoms with Crippen molar-refractivity contribution in [1.82, 2.24) is 15.0 Å². The number of halogens is 2. The summed E-state index contributed by atoms with van der Waals surface area (Å²) in [5, 5.41) is 39.2. The zero-order valence-corrected chi connectivity index (χ0v) is 45.5. The molecule has 1 aromatic heterocycles. The van der Waals surface area contributed by atoms with Gasteiger partial charge in [-0.3, -0.25) is 9.11 Å². The van der Waals surface area contributed by atoms with Crippen molar-refractivity contribution in [1.29, 1.82) is 0 Å². The Labute approximate surface area is 458 Å². The number of azo groups is 2. The number of nitrogens with zero attached hydrogens (tertiary/aromatic N) is 7. The second-order valence-electron chi connectivity index (χ2n) is 15.6. The van der Waals surface area contributed by atoms with Gasteiger partial charge in [-0.2, -0.15) is 37.0 Å². The van der Waals surface area contributed by atoms with Crippen molar-refractivity contribution in [2.45, 2.75) is 50.5 Å². The van der Waals surface area contributed by atoms with E-state index < -0.39 is 58.1 Å². The number of hydrogen-bond acceptors (Lipinski definition) is 23. The molecule has 0 saturated heterocycles. The van der Waals surface area contributed by atoms with E-state index >= 15 is 0 Å². The van der Waals surface area contributed by atoms with Gasteiger partial charge in [0, 0.05) is 42.6 Å². The highest BCUT2D eigenvalue weighted by Crippen LogP contribution is 2.38. The Morgan fingerprint density at radius 2 is 1.17 bits per heavy atom. The van der Waals surface area contributed by atoms with Crippen LogP contribution in [0.1, 0.15) is 64.0 Å². The fourth-order valence-electron chi connectivity index (χ4n) is 6.50. The summed E-state index contributed by atoms with van der Waals surface area (Å²) in [6.45, 7) is 2.38. The minimum absolute atomic E-state index is 0.0212. The van der Waals surface area contributed by atoms with E-state index in [4.69, 9.17) is 77.6 Å². The first-order chi connectivity index (χ1) is 36.9. The first-order valence-corrected chi connectivity index (χ1v) is 28.1. The molecule has 5 N–H and O–H groups in total. The standard InChI is InChI=1S/C46H46Cl2N8O12S2.2O3S/c1-3-17-67-40-25-37(55-53-33-11-7-29(27-57)8-12-33)35(47)20-31(40)22-43-50-44(52-46(51-43)49-16-15-28-5-9-30(10-6-28)45(58)59)23-32-21-36(48)38(26-41(32)68-18-4-19-69(60,61)62)56-54-34-13-14-39(66-2)42(24-34)70(63,64)65;2*1-4(2)3/h5-14,20-21,24-26,57H,3-4,15-19,22-23,27H2,1-2H3,(H,58,59)(H,60,61,62)(H,63,64,65)(H,49,50,51,52);;. The number of rotatable bonds is 24. The molecule has 1 heterocycles. The summed E-state index contributed by atoms with van der Waals surface area (Å²) in [4.78, 5) is 25.1. The highest BCUT2D eigenvalue weighted by atomic mass is 35.5. The Kier molecular flexibility index (Phi) is 24.7. The van der Waals surface area contributed by atoms with Gasteiger partial charge in [0.25, 0.3) is 20.2 Å². The van der Waals surface area contributed by atoms with Gasteiger partial charge in [-0.25, -0.2) is 9.78 Å². The summed E-state index contributed by atoms with van der Waals surface area (Å²) in [6.07, 6.45) is 1.15. The average Bonchev–Trinajstić information content (AvgIpc) is 3.37. The lowest BCUT2D eigenvalue weighted by Crippen LogP contribution is -2.14. The second kappa shape index (κ2) is 30.5. The summed E-state index contributed by atoms with van der Waals surface area (Å²) in [5.74, 6) is -0.392. The van der Waals surface area contributed by atoms with Gasteiger partial charge in [0.2, 0.25) is 5.95 Å². The molecule has 0 aliphatic heterocycles. The summed E-state index contributed by atoms with van der Waals surface area (Å²) in [6, 6.07) is 23.4. The van der Waals surface area contributed by atoms with Crippen molar-refractivity contribution in [3.05, 3.63) is 141 Å². The van der Waals surface area contributed by atoms with E-state index in [0.717, 1.165) is 17.2 Å². The highest BCUT2D eigenvalue weighted by Gasteiger charge is 2.20. The fraction of sp³-hybridized carbons (Fsp3) is 0.261. The van der Waals surface area contributed by atoms with Crippen molar-refractivity contribution in [2.24, 2.45) is 20.5 Å². The quantitative estimate of drug-likeness (QED) is 0.0220. The number of ether oxygens (including phenoxy) is 3. The Hall–Kier alpha value is -7.42. The molecule has 0 bridgehead atoms. The molecule has 0 aliphatic rings. The van der Waals surface area contributed by atoms with Gasteiger partial charge in [0.1, 0.15) is 45.2 Å². The van der Waals surface area contributed by atoms with Crippen LogP contribution in [0.3, 0.4) is 0 Å². The molecule has 0 fully saturated rings. The maximum Gasteiger partial charge on any atom is 0.425 e. The van der Waals surface area contributed by atoms with Crippen molar-refractivity contribution < 1.29 is 80.4 Å². The van der Waals surface area contributed by atoms with E-state index in [1.54, 1.807) is 48.5 Å². The van der Waals surface area contributed by atoms with Crippen LogP contribution in [-0.4, -0.2) is 115 Å². The number of aromatic carboxylic acids is 1. The average molecular weight is 1200 g/mol. The van der Waals surface area contributed by atoms with Gasteiger partial charge in [-0.05, 0) is 85.0 Å². The van der Waals surface area contributed by atoms with Crippen molar-refractivity contribution in [3.63, 3.8) is 0 Å². The second-order valence-corrected chi connectivity index (χ2v) is 20.2. The highest BCUT2D eigenvalue weighted by molar-refractivity contribution is 7.86. The Balaban J connectivity index is 0.00000153. The predicted molar refractivity (Wildman–Crippen MR) is 279 cm³/mol. The lowest BCUT2D eigenvalue weighted by molar-refractivity contribution is 0.0696. The van der Waals surface area contributed by atoms with E-state index in [0.29, 0.717) is 60.1 Å². The summed E-state index contributed by atoms with van der Waals surface area (Å²) in [7, 11) is -14.0. The predicted octanol–water partition coefficient (Wildman–Crippen LogP) is 7.73. The smallest absolute Gasteiger partial charge is 0.425 e. The van der Waals surface area contributed by atoms with E-state index in [-0.39, 0.29) is 82.7 Å². The van der Waals surface area contributed by atoms with Crippen LogP contribution in [0.15, 0.2) is 116 Å². The topological polar surface area (TPSA) is 397 Å². The minimum Gasteiger partial charge on any atom is -0.495 e. The molecule has 0 atom stereocenters. The molecule has 416 valence electrons. The Bertz CT molecular complexity index is 3560. The molecule has 6 aromatic rings. The molecule has 5 aromatic carbocycles. The number of hydrogen-bond donors (Lipinski definition) is 5. The SMILES string of the molecule is CCCOc1cc(N=Nc2ccc(CO)cc2)c(Cl)cc1Cc1nc(Cc2cc(Cl)c(N=Nc3ccc(OC)c(S(=O)(=O)O)c3)cc2OCCCS(=O)(=O)O)nc(NCCc2ccc(C(=O)O)cc2)n1.O=S(=O)=O.O=S(=O)=O. The van der Waals surface area contributed by atoms with Gasteiger partial charge in [-0.15, -0.1) is 35.5 Å². The number of carboxylic acid groups (broad SMARTS) is 1. The van der Waals surface area contributed by atoms with Gasteiger partial charge < -0.3 is 29.7 Å². The van der Waals surface area contributed by atoms with Crippen LogP contribution in [0.25, 0.3) is 0 Å². The molecular formula is C46H46Cl2N8O18S4. The van der Waals surface area contributed by atoms with Crippen LogP contribution in [0.4, 0.5) is 28.7 Å². The fourth-order valence-corrected chi connectivity index (χ4v) is 8.11. The summed E-state index contributed by atoms with van der Waals surface area (Å²) in [5.41, 5.74) is 3.74. The van der Waals surface area contributed by atoms with Crippen LogP contribution in [0.2, 0.25) is 10.0 Å². The van der Waals surface area contributed by atoms with Crippen LogP contribution in [-0.2, 0) is 67.3 Å². The number of nitrogens with one attached hydrogen (secondary N) is 1. The Morgan fingerprint density at radius 3 is 1.64 bits per heavy atom. The molecule has 78 heavy (non-hydrogen) atoms. The number of aliphatic hydroxyl groups is 1. The summed E-state index contributed by atoms with van der Waals surface area (Å²) < 4.78 is 134. The van der Waals surface area contributed by atoms with E-state index in [9.17, 15) is 40.9 Å². The van der Waals surface area contributed by atoms with Gasteiger partial charge in [-0.1, -0.05) is 54.4 Å². The number of methoxy groups -OCH3 is 1. The molecule has 0 amide bonds. The van der Waals surface area contributed by atoms with Gasteiger partial charge in [0.15, 0.2) is 0 Å². The molecule has 0 saturated carbocycles. The minimum atomic E-state index is -4.69. The third-order valence-electron chi connectivity index (χ3n) is 9.94. The Morgan fingerprint density at radius 1 is 0.667 bits per heavy atom. The third-order valence-corrected chi connectivity index (χ3v) is 12.2. The molecule has 0 aliphatic carbocycles. The number of aliphatic hydroxyl groups excluding tert-OH is 1. The zero-order chi connectivity index (χ0) is 57.6. The molecule has 0 radical (unpaired) electrons. The zero-order valence-electron chi connectivity index (χ0n) is 40.8. The van der Waals surface area contributed by atoms with E-state index in [1.807, 2.05) is 6.92 Å². The van der Waals surface area contributed by atoms with Crippen molar-refractivity contribution >= 4 is 99.3 Å². The van der Waals surface area contributed by atoms with Gasteiger partial charge in [0.05, 0.1) is 59.7 Å². The number of carbonyl (C=O) groups is 1. The number of aromatic nitrogens is 3. The largest absolute Gasteiger partial charge is 0.495 e. The summed E-state index contributed by atoms with van der Waals surface area (Å²) >= 11 is 13.5. The van der Waals surface area contributed by atoms with E-state index in [1.165, 1.54) is 43.5 Å². The maximum atomic E-state index is 12.0. The molecule has 0 spiro atoms. The van der Waals surface area contributed by atoms with E-state index in [2.05, 4.69) is 25.8 Å². The monoisotopic (exact) mass is 1200 g/mol. The van der Waals surface area contributed by atoms with Crippen LogP contribution in [0, 0.1) is 0 Å². The number of anilines is 1.